The Hall–Kier alpha value is -2.36. The lowest BCUT2D eigenvalue weighted by atomic mass is 10.00. The van der Waals surface area contributed by atoms with Crippen LogP contribution in [0.5, 0.6) is 5.75 Å². The van der Waals surface area contributed by atoms with Crippen LogP contribution in [0, 0.1) is 6.92 Å². The summed E-state index contributed by atoms with van der Waals surface area (Å²) in [6.07, 6.45) is 0.603. The van der Waals surface area contributed by atoms with Crippen LogP contribution >= 0.6 is 0 Å². The van der Waals surface area contributed by atoms with Gasteiger partial charge in [-0.15, -0.1) is 0 Å². The topological polar surface area (TPSA) is 59.4 Å². The molecule has 0 aliphatic heterocycles. The van der Waals surface area contributed by atoms with Crippen molar-refractivity contribution < 1.29 is 14.6 Å². The Morgan fingerprint density at radius 1 is 1.30 bits per heavy atom. The SMILES string of the molecule is CCc1nc(C)c(-c2ccc(OC)cc2)cc1C(=O)O. The molecule has 0 fully saturated rings. The lowest BCUT2D eigenvalue weighted by molar-refractivity contribution is 0.0695. The van der Waals surface area contributed by atoms with Crippen LogP contribution in [0.1, 0.15) is 28.7 Å². The quantitative estimate of drug-likeness (QED) is 0.926. The zero-order valence-electron chi connectivity index (χ0n) is 11.8. The second kappa shape index (κ2) is 5.74. The van der Waals surface area contributed by atoms with Crippen molar-refractivity contribution in [3.63, 3.8) is 0 Å². The third-order valence-corrected chi connectivity index (χ3v) is 3.26. The van der Waals surface area contributed by atoms with Gasteiger partial charge in [-0.2, -0.15) is 0 Å². The third kappa shape index (κ3) is 2.64. The molecule has 0 unspecified atom stereocenters. The van der Waals surface area contributed by atoms with E-state index in [1.54, 1.807) is 13.2 Å². The maximum absolute atomic E-state index is 11.3. The fourth-order valence-corrected chi connectivity index (χ4v) is 2.17. The monoisotopic (exact) mass is 271 g/mol. The second-order valence-corrected chi connectivity index (χ2v) is 4.50. The smallest absolute Gasteiger partial charge is 0.337 e. The van der Waals surface area contributed by atoms with Gasteiger partial charge in [-0.05, 0) is 37.1 Å². The molecule has 1 heterocycles. The minimum atomic E-state index is -0.941. The second-order valence-electron chi connectivity index (χ2n) is 4.50. The number of carboxylic acid groups (broad SMARTS) is 1. The fourth-order valence-electron chi connectivity index (χ4n) is 2.17. The fraction of sp³-hybridized carbons (Fsp3) is 0.250. The molecule has 20 heavy (non-hydrogen) atoms. The number of nitrogens with zero attached hydrogens (tertiary/aromatic N) is 1. The molecule has 0 radical (unpaired) electrons. The van der Waals surface area contributed by atoms with Gasteiger partial charge in [-0.25, -0.2) is 4.79 Å². The largest absolute Gasteiger partial charge is 0.497 e. The van der Waals surface area contributed by atoms with E-state index >= 15 is 0 Å². The highest BCUT2D eigenvalue weighted by atomic mass is 16.5. The molecule has 4 nitrogen and oxygen atoms in total. The normalized spacial score (nSPS) is 10.3. The highest BCUT2D eigenvalue weighted by Crippen LogP contribution is 2.26. The van der Waals surface area contributed by atoms with Crippen molar-refractivity contribution in [2.45, 2.75) is 20.3 Å². The molecular formula is C16H17NO3. The summed E-state index contributed by atoms with van der Waals surface area (Å²) in [5.74, 6) is -0.174. The summed E-state index contributed by atoms with van der Waals surface area (Å²) in [6, 6.07) is 9.21. The molecule has 1 N–H and O–H groups in total. The average molecular weight is 271 g/mol. The molecule has 1 aromatic heterocycles. The van der Waals surface area contributed by atoms with Crippen molar-refractivity contribution in [2.75, 3.05) is 7.11 Å². The number of aromatic nitrogens is 1. The molecule has 0 bridgehead atoms. The van der Waals surface area contributed by atoms with Crippen LogP contribution in [0.3, 0.4) is 0 Å². The Morgan fingerprint density at radius 3 is 2.45 bits per heavy atom. The highest BCUT2D eigenvalue weighted by Gasteiger charge is 2.14. The van der Waals surface area contributed by atoms with Crippen molar-refractivity contribution >= 4 is 5.97 Å². The average Bonchev–Trinajstić information content (AvgIpc) is 2.46. The van der Waals surface area contributed by atoms with Crippen LogP contribution in [-0.4, -0.2) is 23.2 Å². The van der Waals surface area contributed by atoms with Gasteiger partial charge < -0.3 is 9.84 Å². The number of ether oxygens (including phenoxy) is 1. The van der Waals surface area contributed by atoms with Crippen LogP contribution < -0.4 is 4.74 Å². The molecule has 0 aliphatic carbocycles. The number of carboxylic acids is 1. The van der Waals surface area contributed by atoms with Gasteiger partial charge in [0.05, 0.1) is 18.4 Å². The zero-order valence-corrected chi connectivity index (χ0v) is 11.8. The van der Waals surface area contributed by atoms with E-state index in [-0.39, 0.29) is 5.56 Å². The van der Waals surface area contributed by atoms with E-state index in [4.69, 9.17) is 4.74 Å². The number of methoxy groups -OCH3 is 1. The van der Waals surface area contributed by atoms with Crippen LogP contribution in [0.2, 0.25) is 0 Å². The molecule has 0 atom stereocenters. The van der Waals surface area contributed by atoms with Crippen LogP contribution in [0.4, 0.5) is 0 Å². The first-order valence-corrected chi connectivity index (χ1v) is 6.45. The van der Waals surface area contributed by atoms with Crippen molar-refractivity contribution in [1.82, 2.24) is 4.98 Å². The summed E-state index contributed by atoms with van der Waals surface area (Å²) < 4.78 is 5.12. The number of pyridine rings is 1. The molecule has 0 saturated carbocycles. The Bertz CT molecular complexity index is 633. The number of benzene rings is 1. The van der Waals surface area contributed by atoms with E-state index in [0.29, 0.717) is 12.1 Å². The number of hydrogen-bond donors (Lipinski definition) is 1. The van der Waals surface area contributed by atoms with Gasteiger partial charge in [0, 0.05) is 11.3 Å². The Morgan fingerprint density at radius 2 is 1.95 bits per heavy atom. The Balaban J connectivity index is 2.55. The first-order chi connectivity index (χ1) is 9.56. The van der Waals surface area contributed by atoms with Gasteiger partial charge in [0.2, 0.25) is 0 Å². The first-order valence-electron chi connectivity index (χ1n) is 6.45. The Labute approximate surface area is 118 Å². The predicted molar refractivity (Wildman–Crippen MR) is 77.3 cm³/mol. The van der Waals surface area contributed by atoms with Gasteiger partial charge in [0.1, 0.15) is 5.75 Å². The lowest BCUT2D eigenvalue weighted by Crippen LogP contribution is -2.06. The van der Waals surface area contributed by atoms with E-state index in [9.17, 15) is 9.90 Å². The molecule has 0 aliphatic rings. The molecule has 2 rings (SSSR count). The van der Waals surface area contributed by atoms with E-state index in [0.717, 1.165) is 22.6 Å². The maximum atomic E-state index is 11.3. The van der Waals surface area contributed by atoms with E-state index < -0.39 is 5.97 Å². The van der Waals surface area contributed by atoms with Crippen LogP contribution in [0.25, 0.3) is 11.1 Å². The number of aryl methyl sites for hydroxylation is 2. The van der Waals surface area contributed by atoms with Gasteiger partial charge in [0.15, 0.2) is 0 Å². The van der Waals surface area contributed by atoms with Gasteiger partial charge >= 0.3 is 5.97 Å². The van der Waals surface area contributed by atoms with Crippen LogP contribution in [0.15, 0.2) is 30.3 Å². The summed E-state index contributed by atoms with van der Waals surface area (Å²) in [5, 5.41) is 9.28. The van der Waals surface area contributed by atoms with Gasteiger partial charge in [-0.3, -0.25) is 4.98 Å². The van der Waals surface area contributed by atoms with Gasteiger partial charge in [-0.1, -0.05) is 19.1 Å². The third-order valence-electron chi connectivity index (χ3n) is 3.26. The number of hydrogen-bond acceptors (Lipinski definition) is 3. The number of rotatable bonds is 4. The van der Waals surface area contributed by atoms with Crippen LogP contribution in [-0.2, 0) is 6.42 Å². The molecule has 0 spiro atoms. The van der Waals surface area contributed by atoms with Gasteiger partial charge in [0.25, 0.3) is 0 Å². The molecule has 104 valence electrons. The highest BCUT2D eigenvalue weighted by molar-refractivity contribution is 5.91. The summed E-state index contributed by atoms with van der Waals surface area (Å²) in [7, 11) is 1.61. The molecule has 1 aromatic carbocycles. The Kier molecular flexibility index (Phi) is 4.03. The zero-order chi connectivity index (χ0) is 14.7. The summed E-state index contributed by atoms with van der Waals surface area (Å²) in [5.41, 5.74) is 3.48. The molecular weight excluding hydrogens is 254 g/mol. The number of carbonyl (C=O) groups is 1. The number of aromatic carboxylic acids is 1. The molecule has 2 aromatic rings. The molecule has 0 saturated heterocycles. The predicted octanol–water partition coefficient (Wildman–Crippen LogP) is 3.33. The summed E-state index contributed by atoms with van der Waals surface area (Å²) in [6.45, 7) is 3.80. The summed E-state index contributed by atoms with van der Waals surface area (Å²) in [4.78, 5) is 15.7. The molecule has 4 heteroatoms. The van der Waals surface area contributed by atoms with E-state index in [1.807, 2.05) is 38.1 Å². The lowest BCUT2D eigenvalue weighted by Gasteiger charge is -2.11. The van der Waals surface area contributed by atoms with Crippen molar-refractivity contribution in [3.8, 4) is 16.9 Å². The minimum absolute atomic E-state index is 0.268. The summed E-state index contributed by atoms with van der Waals surface area (Å²) >= 11 is 0. The molecule has 0 amide bonds. The first kappa shape index (κ1) is 14.1. The van der Waals surface area contributed by atoms with Crippen molar-refractivity contribution in [2.24, 2.45) is 0 Å². The standard InChI is InChI=1S/C16H17NO3/c1-4-15-14(16(18)19)9-13(10(2)17-15)11-5-7-12(20-3)8-6-11/h5-9H,4H2,1-3H3,(H,18,19). The minimum Gasteiger partial charge on any atom is -0.497 e. The maximum Gasteiger partial charge on any atom is 0.337 e. The van der Waals surface area contributed by atoms with Crippen molar-refractivity contribution in [3.05, 3.63) is 47.3 Å². The van der Waals surface area contributed by atoms with Crippen molar-refractivity contribution in [1.29, 1.82) is 0 Å². The van der Waals surface area contributed by atoms with E-state index in [1.165, 1.54) is 0 Å². The van der Waals surface area contributed by atoms with E-state index in [2.05, 4.69) is 4.98 Å².